The number of H-pyrrole nitrogens is 1. The highest BCUT2D eigenvalue weighted by atomic mass is 35.5. The molecule has 2 aromatic carbocycles. The summed E-state index contributed by atoms with van der Waals surface area (Å²) in [6.07, 6.45) is 5.85. The quantitative estimate of drug-likeness (QED) is 0.0783. The van der Waals surface area contributed by atoms with Crippen molar-refractivity contribution in [1.82, 2.24) is 38.6 Å². The molecule has 92 heavy (non-hydrogen) atoms. The van der Waals surface area contributed by atoms with Gasteiger partial charge in [0.05, 0.1) is 50.2 Å². The number of nitrogens with zero attached hydrogens (tertiary/aromatic N) is 7. The van der Waals surface area contributed by atoms with Gasteiger partial charge in [0.25, 0.3) is 32.8 Å². The van der Waals surface area contributed by atoms with Crippen LogP contribution in [0.4, 0.5) is 0 Å². The van der Waals surface area contributed by atoms with Gasteiger partial charge in [-0.25, -0.2) is 15.0 Å². The zero-order valence-electron chi connectivity index (χ0n) is 55.9. The number of halogens is 1. The number of para-hydroxylation sites is 4. The molecule has 17 nitrogen and oxygen atoms in total. The lowest BCUT2D eigenvalue weighted by molar-refractivity contribution is 0.346. The van der Waals surface area contributed by atoms with Crippen molar-refractivity contribution in [2.75, 3.05) is 39.6 Å². The second kappa shape index (κ2) is 37.3. The summed E-state index contributed by atoms with van der Waals surface area (Å²) in [7, 11) is 8.59. The Hall–Kier alpha value is -6.64. The molecule has 10 aromatic rings. The highest BCUT2D eigenvalue weighted by molar-refractivity contribution is 8.22. The van der Waals surface area contributed by atoms with Gasteiger partial charge < -0.3 is 41.7 Å². The van der Waals surface area contributed by atoms with Crippen LogP contribution in [0, 0.1) is 83.1 Å². The van der Waals surface area contributed by atoms with E-state index in [0.29, 0.717) is 31.9 Å². The van der Waals surface area contributed by atoms with Crippen LogP contribution in [-0.2, 0) is 25.9 Å². The van der Waals surface area contributed by atoms with Crippen molar-refractivity contribution < 1.29 is 23.0 Å². The lowest BCUT2D eigenvalue weighted by Gasteiger charge is -2.10. The number of thiocarbonyl (C=S) groups is 1. The molecule has 10 rings (SSSR count). The van der Waals surface area contributed by atoms with Crippen molar-refractivity contribution >= 4 is 122 Å². The van der Waals surface area contributed by atoms with Crippen molar-refractivity contribution in [3.05, 3.63) is 199 Å². The molecule has 0 unspecified atom stereocenters. The Morgan fingerprint density at radius 1 is 0.554 bits per heavy atom. The molecule has 8 heterocycles. The molecule has 0 fully saturated rings. The van der Waals surface area contributed by atoms with Crippen molar-refractivity contribution in [2.45, 2.75) is 125 Å². The minimum atomic E-state index is -0.0311. The molecular weight excluding hydrogens is 1320 g/mol. The minimum Gasteiger partial charge on any atom is -0.480 e. The van der Waals surface area contributed by atoms with E-state index >= 15 is 0 Å². The third-order valence-electron chi connectivity index (χ3n) is 14.3. The number of benzene rings is 2. The lowest BCUT2D eigenvalue weighted by atomic mass is 10.2. The predicted octanol–water partition coefficient (Wildman–Crippen LogP) is 16.1. The maximum atomic E-state index is 12.2. The van der Waals surface area contributed by atoms with Crippen LogP contribution in [0.25, 0.3) is 22.2 Å². The number of aromatic nitrogens is 8. The molecule has 0 aliphatic heterocycles. The largest absolute Gasteiger partial charge is 0.480 e. The summed E-state index contributed by atoms with van der Waals surface area (Å²) < 4.78 is 31.7. The van der Waals surface area contributed by atoms with Gasteiger partial charge in [-0.3, -0.25) is 19.2 Å². The fourth-order valence-corrected chi connectivity index (χ4v) is 12.2. The Morgan fingerprint density at radius 2 is 0.978 bits per heavy atom. The molecule has 8 aromatic heterocycles. The molecular formula is C67H81ClN8O9S7. The monoisotopic (exact) mass is 1400 g/mol. The Morgan fingerprint density at radius 3 is 1.47 bits per heavy atom. The Bertz CT molecular complexity index is 4330. The van der Waals surface area contributed by atoms with Crippen LogP contribution < -0.4 is 31.7 Å². The van der Waals surface area contributed by atoms with Crippen LogP contribution in [0.15, 0.2) is 148 Å². The number of aromatic amines is 1. The third-order valence-corrected chi connectivity index (χ3v) is 19.0. The number of nitrogens with one attached hydrogen (secondary N) is 1. The Labute approximate surface area is 575 Å². The van der Waals surface area contributed by atoms with Gasteiger partial charge in [0.2, 0.25) is 16.1 Å². The average Bonchev–Trinajstić information content (AvgIpc) is 1.69. The second-order valence-electron chi connectivity index (χ2n) is 20.4. The number of fused-ring (bicyclic) bond motifs is 2. The summed E-state index contributed by atoms with van der Waals surface area (Å²) >= 11 is 21.9. The van der Waals surface area contributed by atoms with E-state index in [9.17, 15) is 19.2 Å². The van der Waals surface area contributed by atoms with E-state index < -0.39 is 0 Å². The zero-order valence-corrected chi connectivity index (χ0v) is 62.4. The molecule has 0 saturated carbocycles. The molecule has 25 heteroatoms. The lowest BCUT2D eigenvalue weighted by Crippen LogP contribution is -2.21. The van der Waals surface area contributed by atoms with Gasteiger partial charge in [0.1, 0.15) is 11.0 Å². The molecule has 0 amide bonds. The normalized spacial score (nSPS) is 10.4. The fourth-order valence-electron chi connectivity index (χ4n) is 7.82. The molecule has 0 atom stereocenters. The van der Waals surface area contributed by atoms with Crippen molar-refractivity contribution in [1.29, 1.82) is 0 Å². The van der Waals surface area contributed by atoms with Crippen LogP contribution in [0.3, 0.4) is 0 Å². The molecule has 0 spiro atoms. The van der Waals surface area contributed by atoms with Crippen LogP contribution in [0.5, 0.6) is 11.8 Å². The first-order valence-electron chi connectivity index (χ1n) is 28.4. The van der Waals surface area contributed by atoms with E-state index in [1.54, 1.807) is 59.8 Å². The van der Waals surface area contributed by atoms with E-state index in [0.717, 1.165) is 104 Å². The van der Waals surface area contributed by atoms with Crippen molar-refractivity contribution in [3.63, 3.8) is 0 Å². The highest BCUT2D eigenvalue weighted by Gasteiger charge is 2.15. The van der Waals surface area contributed by atoms with E-state index in [-0.39, 0.29) is 27.6 Å². The van der Waals surface area contributed by atoms with E-state index in [1.807, 2.05) is 182 Å². The topological polar surface area (TPSA) is 204 Å². The first-order valence-corrected chi connectivity index (χ1v) is 35.0. The van der Waals surface area contributed by atoms with Gasteiger partial charge in [-0.1, -0.05) is 24.3 Å². The van der Waals surface area contributed by atoms with Crippen molar-refractivity contribution in [3.8, 4) is 11.8 Å². The van der Waals surface area contributed by atoms with E-state index in [4.69, 9.17) is 46.9 Å². The van der Waals surface area contributed by atoms with Crippen LogP contribution in [0.2, 0.25) is 5.35 Å². The second-order valence-corrected chi connectivity index (χ2v) is 26.4. The zero-order chi connectivity index (χ0) is 68.8. The standard InChI is InChI=1S/C15H14N2O2S.C11H15NO2S2.2C9H13NOS.2C8H11NOS.C7H4ClNO/c1-9-8-13(14(18)17(3)10(9)2)20-15-16-11-6-4-5-7-12(11)19-15;1-5-14-11(15)16-9-6-7(2)8(3)12-10(9)13-4;1-6-5-8(12-4)9(11-3)10-7(6)2;1-6-5-8(12-4)9(11)10(3)7(6)2;1-5-4-7(11-3)8(10)9-6(5)2;1-5-4-7(11)8(10)9(3)6(5)2;8-7-9-5-3-1-2-4-6(5)10-7/h4-8H,1-3H3;6H,5H2,1-4H3;2*5H,1-4H3;4H,1-3H3,(H,9,10);4,11H,1-3H3;1-4H. The number of ether oxygens (including phenoxy) is 3. The molecule has 1 N–H and O–H groups in total. The Balaban J connectivity index is 0.000000232. The van der Waals surface area contributed by atoms with Gasteiger partial charge in [0, 0.05) is 55.3 Å². The number of hydrogen-bond donors (Lipinski definition) is 2. The van der Waals surface area contributed by atoms with Crippen LogP contribution in [0.1, 0.15) is 74.5 Å². The van der Waals surface area contributed by atoms with Crippen molar-refractivity contribution in [2.24, 2.45) is 21.1 Å². The number of oxazole rings is 2. The number of rotatable bonds is 9. The smallest absolute Gasteiger partial charge is 0.293 e. The number of thiol groups is 1. The molecule has 492 valence electrons. The summed E-state index contributed by atoms with van der Waals surface area (Å²) in [6, 6.07) is 26.7. The molecule has 0 bridgehead atoms. The Kier molecular flexibility index (Phi) is 31.5. The van der Waals surface area contributed by atoms with E-state index in [1.165, 1.54) is 58.2 Å². The van der Waals surface area contributed by atoms with Gasteiger partial charge in [-0.05, 0) is 250 Å². The number of aryl methyl sites for hydroxylation is 9. The molecule has 0 saturated heterocycles. The summed E-state index contributed by atoms with van der Waals surface area (Å²) in [5.41, 5.74) is 15.9. The third kappa shape index (κ3) is 22.0. The van der Waals surface area contributed by atoms with Crippen LogP contribution in [-0.4, -0.2) is 82.6 Å². The first kappa shape index (κ1) is 77.8. The summed E-state index contributed by atoms with van der Waals surface area (Å²) in [5, 5.41) is 0.688. The SMILES string of the molecule is CCOC(=S)Sc1cc(C)c(C)nc1OC.COc1nc(C)c(C)cc1SC.CSc1cc(C)c(C)[nH]c1=O.CSc1cc(C)c(C)n(C)c1=O.Cc1cc(S)c(=O)n(C)c1C.Cc1cc(Sc2nc3ccccc3o2)c(=O)n(C)c1C.Clc1nc2ccccc2o1. The maximum Gasteiger partial charge on any atom is 0.293 e. The van der Waals surface area contributed by atoms with Gasteiger partial charge in [0.15, 0.2) is 11.2 Å². The van der Waals surface area contributed by atoms with Gasteiger partial charge in [-0.15, -0.1) is 47.9 Å². The van der Waals surface area contributed by atoms with E-state index in [2.05, 4.69) is 50.5 Å². The summed E-state index contributed by atoms with van der Waals surface area (Å²) in [6.45, 7) is 26.2. The fraction of sp³-hybridized carbons (Fsp3) is 0.328. The molecule has 0 aliphatic carbocycles. The number of thioether (sulfide) groups is 4. The first-order chi connectivity index (χ1) is 43.4. The summed E-state index contributed by atoms with van der Waals surface area (Å²) in [4.78, 5) is 70.6. The molecule has 0 aliphatic rings. The summed E-state index contributed by atoms with van der Waals surface area (Å²) in [5.74, 6) is 1.32. The molecule has 0 radical (unpaired) electrons. The van der Waals surface area contributed by atoms with Gasteiger partial charge >= 0.3 is 0 Å². The maximum absolute atomic E-state index is 12.2. The number of pyridine rings is 6. The number of hydrogen-bond acceptors (Lipinski definition) is 20. The van der Waals surface area contributed by atoms with Crippen LogP contribution >= 0.6 is 95.3 Å². The number of methoxy groups -OCH3 is 2. The highest BCUT2D eigenvalue weighted by Crippen LogP contribution is 2.32. The predicted molar refractivity (Wildman–Crippen MR) is 390 cm³/mol. The average molecular weight is 1400 g/mol. The van der Waals surface area contributed by atoms with Gasteiger partial charge in [-0.2, -0.15) is 4.98 Å². The minimum absolute atomic E-state index is 0.0144.